The van der Waals surface area contributed by atoms with Crippen molar-refractivity contribution in [2.45, 2.75) is 37.0 Å². The van der Waals surface area contributed by atoms with Gasteiger partial charge in [0.15, 0.2) is 6.10 Å². The first-order valence-electron chi connectivity index (χ1n) is 10.7. The van der Waals surface area contributed by atoms with Crippen molar-refractivity contribution in [3.05, 3.63) is 95.1 Å². The quantitative estimate of drug-likeness (QED) is 0.298. The van der Waals surface area contributed by atoms with Crippen molar-refractivity contribution in [3.8, 4) is 0 Å². The molecule has 2 nitrogen and oxygen atoms in total. The predicted octanol–water partition coefficient (Wildman–Crippen LogP) is 8.01. The van der Waals surface area contributed by atoms with Gasteiger partial charge in [-0.15, -0.1) is 0 Å². The molecule has 0 amide bonds. The lowest BCUT2D eigenvalue weighted by atomic mass is 10.0. The zero-order chi connectivity index (χ0) is 28.5. The maximum Gasteiger partial charge on any atom is 0.458 e. The fourth-order valence-corrected chi connectivity index (χ4v) is 3.60. The lowest BCUT2D eigenvalue weighted by Gasteiger charge is -2.30. The van der Waals surface area contributed by atoms with Gasteiger partial charge in [0, 0.05) is 16.9 Å². The molecule has 13 heteroatoms. The van der Waals surface area contributed by atoms with E-state index in [2.05, 4.69) is 0 Å². The Bertz CT molecular complexity index is 1250. The maximum absolute atomic E-state index is 13.9. The Balaban J connectivity index is 2.04. The molecular weight excluding hydrogens is 539 g/mol. The van der Waals surface area contributed by atoms with Crippen LogP contribution in [0.4, 0.5) is 59.7 Å². The minimum absolute atomic E-state index is 0.111. The summed E-state index contributed by atoms with van der Waals surface area (Å²) in [5.74, 6) is -5.32. The highest BCUT2D eigenvalue weighted by molar-refractivity contribution is 5.65. The minimum atomic E-state index is -5.98. The number of rotatable bonds is 7. The third-order valence-corrected chi connectivity index (χ3v) is 5.49. The Morgan fingerprint density at radius 1 is 0.632 bits per heavy atom. The predicted molar refractivity (Wildman–Crippen MR) is 116 cm³/mol. The molecule has 0 aliphatic rings. The summed E-state index contributed by atoms with van der Waals surface area (Å²) in [4.78, 5) is 0.698. The van der Waals surface area contributed by atoms with Crippen LogP contribution in [-0.4, -0.2) is 30.1 Å². The van der Waals surface area contributed by atoms with Gasteiger partial charge in [-0.05, 0) is 47.9 Å². The molecule has 3 rings (SSSR count). The molecule has 206 valence electrons. The van der Waals surface area contributed by atoms with Gasteiger partial charge in [-0.25, -0.2) is 0 Å². The highest BCUT2D eigenvalue weighted by Gasteiger charge is 2.58. The first-order valence-corrected chi connectivity index (χ1v) is 10.7. The van der Waals surface area contributed by atoms with E-state index in [1.54, 1.807) is 0 Å². The van der Waals surface area contributed by atoms with E-state index in [4.69, 9.17) is 0 Å². The van der Waals surface area contributed by atoms with Crippen molar-refractivity contribution in [3.63, 3.8) is 0 Å². The number of nitrogens with zero attached hydrogens (tertiary/aromatic N) is 1. The van der Waals surface area contributed by atoms with Crippen LogP contribution in [0, 0.1) is 0 Å². The van der Waals surface area contributed by atoms with Gasteiger partial charge in [0.05, 0.1) is 12.1 Å². The number of aliphatic hydroxyl groups is 1. The standard InChI is InChI=1S/C25H18F11NO/c26-22(27,25(34,35)36)17-6-3-9-20(13-17)37(14-21(38)24(31,32)33)19-8-2-5-16(12-19)10-15-4-1-7-18(11-15)23(28,29)30/h1-9,11-13,21,38H,10,14H2. The van der Waals surface area contributed by atoms with Crippen molar-refractivity contribution < 1.29 is 53.4 Å². The van der Waals surface area contributed by atoms with Crippen LogP contribution < -0.4 is 4.90 Å². The maximum atomic E-state index is 13.9. The van der Waals surface area contributed by atoms with E-state index in [1.807, 2.05) is 0 Å². The largest absolute Gasteiger partial charge is 0.458 e. The number of halogens is 11. The topological polar surface area (TPSA) is 23.5 Å². The summed E-state index contributed by atoms with van der Waals surface area (Å²) in [5.41, 5.74) is -2.61. The minimum Gasteiger partial charge on any atom is -0.382 e. The first-order chi connectivity index (χ1) is 17.4. The lowest BCUT2D eigenvalue weighted by molar-refractivity contribution is -0.289. The van der Waals surface area contributed by atoms with Crippen LogP contribution in [0.15, 0.2) is 72.8 Å². The molecule has 0 spiro atoms. The molecule has 0 heterocycles. The molecule has 3 aromatic rings. The van der Waals surface area contributed by atoms with Crippen LogP contribution in [0.25, 0.3) is 0 Å². The fraction of sp³-hybridized carbons (Fsp3) is 0.280. The Morgan fingerprint density at radius 2 is 1.13 bits per heavy atom. The summed E-state index contributed by atoms with van der Waals surface area (Å²) in [5, 5.41) is 9.65. The lowest BCUT2D eigenvalue weighted by Crippen LogP contribution is -2.39. The van der Waals surface area contributed by atoms with Gasteiger partial charge < -0.3 is 10.0 Å². The van der Waals surface area contributed by atoms with E-state index in [0.29, 0.717) is 22.6 Å². The number of hydrogen-bond donors (Lipinski definition) is 1. The molecule has 0 aliphatic carbocycles. The molecule has 0 bridgehead atoms. The molecule has 0 saturated heterocycles. The Morgan fingerprint density at radius 3 is 1.68 bits per heavy atom. The normalized spacial score (nSPS) is 13.9. The summed E-state index contributed by atoms with van der Waals surface area (Å²) in [7, 11) is 0. The monoisotopic (exact) mass is 557 g/mol. The van der Waals surface area contributed by atoms with Gasteiger partial charge in [-0.2, -0.15) is 48.3 Å². The van der Waals surface area contributed by atoms with Crippen molar-refractivity contribution >= 4 is 11.4 Å². The van der Waals surface area contributed by atoms with E-state index in [0.717, 1.165) is 24.3 Å². The van der Waals surface area contributed by atoms with Gasteiger partial charge in [-0.1, -0.05) is 42.5 Å². The molecule has 0 aliphatic heterocycles. The van der Waals surface area contributed by atoms with Gasteiger partial charge in [0.2, 0.25) is 0 Å². The van der Waals surface area contributed by atoms with Gasteiger partial charge in [0.1, 0.15) is 0 Å². The number of anilines is 2. The molecular formula is C25H18F11NO. The second-order valence-electron chi connectivity index (χ2n) is 8.34. The Labute approximate surface area is 208 Å². The van der Waals surface area contributed by atoms with E-state index < -0.39 is 53.9 Å². The molecule has 38 heavy (non-hydrogen) atoms. The average Bonchev–Trinajstić information content (AvgIpc) is 2.81. The van der Waals surface area contributed by atoms with Crippen molar-refractivity contribution in [2.75, 3.05) is 11.4 Å². The summed E-state index contributed by atoms with van der Waals surface area (Å²) < 4.78 is 145. The molecule has 0 radical (unpaired) electrons. The van der Waals surface area contributed by atoms with Crippen LogP contribution in [-0.2, 0) is 18.5 Å². The highest BCUT2D eigenvalue weighted by atomic mass is 19.4. The third kappa shape index (κ3) is 6.74. The summed E-state index contributed by atoms with van der Waals surface area (Å²) in [6, 6.07) is 12.1. The zero-order valence-electron chi connectivity index (χ0n) is 19.0. The van der Waals surface area contributed by atoms with E-state index in [-0.39, 0.29) is 17.7 Å². The smallest absolute Gasteiger partial charge is 0.382 e. The van der Waals surface area contributed by atoms with Crippen molar-refractivity contribution in [1.29, 1.82) is 0 Å². The summed E-state index contributed by atoms with van der Waals surface area (Å²) in [6.07, 6.45) is -18.9. The Kier molecular flexibility index (Phi) is 8.02. The van der Waals surface area contributed by atoms with Gasteiger partial charge in [0.25, 0.3) is 0 Å². The number of benzene rings is 3. The summed E-state index contributed by atoms with van der Waals surface area (Å²) >= 11 is 0. The highest BCUT2D eigenvalue weighted by Crippen LogP contribution is 2.45. The number of hydrogen-bond acceptors (Lipinski definition) is 2. The fourth-order valence-electron chi connectivity index (χ4n) is 3.60. The second kappa shape index (κ2) is 10.4. The molecule has 0 saturated carbocycles. The van der Waals surface area contributed by atoms with Crippen LogP contribution in [0.3, 0.4) is 0 Å². The van der Waals surface area contributed by atoms with Crippen LogP contribution in [0.1, 0.15) is 22.3 Å². The van der Waals surface area contributed by atoms with Gasteiger partial charge in [-0.3, -0.25) is 0 Å². The van der Waals surface area contributed by atoms with Gasteiger partial charge >= 0.3 is 24.5 Å². The molecule has 1 atom stereocenters. The zero-order valence-corrected chi connectivity index (χ0v) is 19.0. The Hall–Kier alpha value is -3.35. The van der Waals surface area contributed by atoms with E-state index >= 15 is 0 Å². The molecule has 3 aromatic carbocycles. The van der Waals surface area contributed by atoms with E-state index in [9.17, 15) is 53.4 Å². The van der Waals surface area contributed by atoms with Crippen LogP contribution >= 0.6 is 0 Å². The SMILES string of the molecule is OC(CN(c1cccc(Cc2cccc(C(F)(F)F)c2)c1)c1cccc(C(F)(F)C(F)(F)F)c1)C(F)(F)F. The van der Waals surface area contributed by atoms with Crippen molar-refractivity contribution in [1.82, 2.24) is 0 Å². The molecule has 1 N–H and O–H groups in total. The number of alkyl halides is 11. The second-order valence-corrected chi connectivity index (χ2v) is 8.34. The average molecular weight is 557 g/mol. The summed E-state index contributed by atoms with van der Waals surface area (Å²) in [6.45, 7) is -1.27. The number of aliphatic hydroxyl groups excluding tert-OH is 1. The third-order valence-electron chi connectivity index (χ3n) is 5.49. The van der Waals surface area contributed by atoms with Crippen LogP contribution in [0.2, 0.25) is 0 Å². The van der Waals surface area contributed by atoms with Crippen molar-refractivity contribution in [2.24, 2.45) is 0 Å². The van der Waals surface area contributed by atoms with E-state index in [1.165, 1.54) is 36.4 Å². The van der Waals surface area contributed by atoms with Crippen LogP contribution in [0.5, 0.6) is 0 Å². The molecule has 0 aromatic heterocycles. The first kappa shape index (κ1) is 29.2. The molecule has 0 fully saturated rings. The molecule has 1 unspecified atom stereocenters.